The number of benzene rings is 2. The van der Waals surface area contributed by atoms with Crippen LogP contribution in [0.5, 0.6) is 5.75 Å². The van der Waals surface area contributed by atoms with Crippen molar-refractivity contribution >= 4 is 11.6 Å². The molecule has 0 unspecified atom stereocenters. The lowest BCUT2D eigenvalue weighted by molar-refractivity contribution is -0.118. The molecule has 0 saturated carbocycles. The zero-order valence-corrected chi connectivity index (χ0v) is 11.5. The van der Waals surface area contributed by atoms with Gasteiger partial charge in [0.25, 0.3) is 0 Å². The number of carbonyl (C=O) groups excluding carboxylic acids is 1. The van der Waals surface area contributed by atoms with Crippen LogP contribution >= 0.6 is 0 Å². The van der Waals surface area contributed by atoms with E-state index in [0.717, 1.165) is 17.0 Å². The van der Waals surface area contributed by atoms with Gasteiger partial charge in [-0.25, -0.2) is 0 Å². The zero-order valence-electron chi connectivity index (χ0n) is 11.5. The molecule has 0 fully saturated rings. The summed E-state index contributed by atoms with van der Waals surface area (Å²) in [4.78, 5) is 14.0. The van der Waals surface area contributed by atoms with Crippen LogP contribution in [0.4, 0.5) is 5.69 Å². The van der Waals surface area contributed by atoms with Crippen LogP contribution in [0.1, 0.15) is 17.5 Å². The van der Waals surface area contributed by atoms with Crippen LogP contribution in [-0.2, 0) is 11.3 Å². The van der Waals surface area contributed by atoms with Crippen molar-refractivity contribution < 1.29 is 9.53 Å². The van der Waals surface area contributed by atoms with E-state index in [0.29, 0.717) is 25.1 Å². The molecule has 2 aromatic rings. The maximum atomic E-state index is 12.3. The number of para-hydroxylation sites is 2. The molecule has 0 N–H and O–H groups in total. The third kappa shape index (κ3) is 2.72. The molecule has 0 saturated heterocycles. The molecule has 4 heteroatoms. The van der Waals surface area contributed by atoms with Gasteiger partial charge in [0.15, 0.2) is 0 Å². The van der Waals surface area contributed by atoms with Crippen molar-refractivity contribution in [2.45, 2.75) is 13.0 Å². The summed E-state index contributed by atoms with van der Waals surface area (Å²) >= 11 is 0. The van der Waals surface area contributed by atoms with Gasteiger partial charge in [0.1, 0.15) is 5.75 Å². The summed E-state index contributed by atoms with van der Waals surface area (Å²) in [6, 6.07) is 16.9. The lowest BCUT2D eigenvalue weighted by Gasteiger charge is -2.22. The molecule has 0 aromatic heterocycles. The van der Waals surface area contributed by atoms with E-state index in [1.165, 1.54) is 0 Å². The number of nitrogens with zero attached hydrogens (tertiary/aromatic N) is 2. The van der Waals surface area contributed by atoms with E-state index in [9.17, 15) is 4.79 Å². The van der Waals surface area contributed by atoms with Crippen molar-refractivity contribution in [2.24, 2.45) is 0 Å². The van der Waals surface area contributed by atoms with Crippen molar-refractivity contribution in [3.8, 4) is 11.8 Å². The monoisotopic (exact) mass is 278 g/mol. The first-order valence-corrected chi connectivity index (χ1v) is 6.79. The quantitative estimate of drug-likeness (QED) is 0.848. The lowest BCUT2D eigenvalue weighted by atomic mass is 10.1. The number of carbonyl (C=O) groups is 1. The van der Waals surface area contributed by atoms with Crippen molar-refractivity contribution in [3.63, 3.8) is 0 Å². The molecule has 0 radical (unpaired) electrons. The largest absolute Gasteiger partial charge is 0.491 e. The topological polar surface area (TPSA) is 53.3 Å². The summed E-state index contributed by atoms with van der Waals surface area (Å²) in [6.45, 7) is 0.880. The number of hydrogen-bond acceptors (Lipinski definition) is 3. The van der Waals surface area contributed by atoms with Crippen molar-refractivity contribution in [2.75, 3.05) is 11.5 Å². The van der Waals surface area contributed by atoms with E-state index in [1.807, 2.05) is 36.4 Å². The van der Waals surface area contributed by atoms with Crippen molar-refractivity contribution in [1.29, 1.82) is 5.26 Å². The minimum Gasteiger partial charge on any atom is -0.491 e. The fraction of sp³-hybridized carbons (Fsp3) is 0.176. The van der Waals surface area contributed by atoms with Crippen molar-refractivity contribution in [3.05, 3.63) is 59.7 Å². The molecule has 1 amide bonds. The normalized spacial score (nSPS) is 13.9. The third-order valence-electron chi connectivity index (χ3n) is 3.45. The fourth-order valence-corrected chi connectivity index (χ4v) is 2.36. The summed E-state index contributed by atoms with van der Waals surface area (Å²) in [5, 5.41) is 8.83. The van der Waals surface area contributed by atoms with Gasteiger partial charge in [0.05, 0.1) is 36.9 Å². The summed E-state index contributed by atoms with van der Waals surface area (Å²) in [6.07, 6.45) is 0.366. The predicted molar refractivity (Wildman–Crippen MR) is 78.9 cm³/mol. The van der Waals surface area contributed by atoms with Gasteiger partial charge >= 0.3 is 0 Å². The predicted octanol–water partition coefficient (Wildman–Crippen LogP) is 2.87. The molecule has 1 aliphatic heterocycles. The number of amides is 1. The van der Waals surface area contributed by atoms with Gasteiger partial charge in [-0.1, -0.05) is 24.3 Å². The van der Waals surface area contributed by atoms with Crippen LogP contribution in [0.2, 0.25) is 0 Å². The van der Waals surface area contributed by atoms with E-state index in [1.54, 1.807) is 17.0 Å². The summed E-state index contributed by atoms with van der Waals surface area (Å²) in [5.41, 5.74) is 2.40. The van der Waals surface area contributed by atoms with Crippen molar-refractivity contribution in [1.82, 2.24) is 0 Å². The second kappa shape index (κ2) is 5.68. The molecule has 0 bridgehead atoms. The minimum atomic E-state index is 0.0457. The molecule has 2 aromatic carbocycles. The zero-order chi connectivity index (χ0) is 14.7. The number of anilines is 1. The van der Waals surface area contributed by atoms with Crippen LogP contribution in [0.3, 0.4) is 0 Å². The van der Waals surface area contributed by atoms with Crippen LogP contribution in [-0.4, -0.2) is 12.5 Å². The average molecular weight is 278 g/mol. The number of rotatable bonds is 2. The van der Waals surface area contributed by atoms with Gasteiger partial charge in [-0.05, 0) is 29.8 Å². The summed E-state index contributed by atoms with van der Waals surface area (Å²) < 4.78 is 5.62. The van der Waals surface area contributed by atoms with Gasteiger partial charge in [-0.2, -0.15) is 5.26 Å². The smallest absolute Gasteiger partial charge is 0.230 e. The van der Waals surface area contributed by atoms with Crippen LogP contribution in [0.25, 0.3) is 0 Å². The Kier molecular flexibility index (Phi) is 3.57. The Morgan fingerprint density at radius 1 is 1.14 bits per heavy atom. The molecule has 21 heavy (non-hydrogen) atoms. The molecular formula is C17H14N2O2. The Labute approximate surface area is 123 Å². The molecule has 104 valence electrons. The van der Waals surface area contributed by atoms with Crippen LogP contribution in [0, 0.1) is 11.3 Å². The van der Waals surface area contributed by atoms with Crippen LogP contribution < -0.4 is 9.64 Å². The SMILES string of the molecule is N#Cc1ccc(CN2C(=O)CCOc3ccccc32)cc1. The number of fused-ring (bicyclic) bond motifs is 1. The first-order chi connectivity index (χ1) is 10.3. The van der Waals surface area contributed by atoms with Crippen LogP contribution in [0.15, 0.2) is 48.5 Å². The van der Waals surface area contributed by atoms with E-state index in [2.05, 4.69) is 6.07 Å². The maximum Gasteiger partial charge on any atom is 0.230 e. The lowest BCUT2D eigenvalue weighted by Crippen LogP contribution is -2.29. The Hall–Kier alpha value is -2.80. The van der Waals surface area contributed by atoms with E-state index in [-0.39, 0.29) is 5.91 Å². The third-order valence-corrected chi connectivity index (χ3v) is 3.45. The molecule has 4 nitrogen and oxygen atoms in total. The average Bonchev–Trinajstić information content (AvgIpc) is 2.68. The number of nitriles is 1. The molecule has 0 atom stereocenters. The first-order valence-electron chi connectivity index (χ1n) is 6.79. The second-order valence-electron chi connectivity index (χ2n) is 4.85. The highest BCUT2D eigenvalue weighted by Gasteiger charge is 2.22. The second-order valence-corrected chi connectivity index (χ2v) is 4.85. The minimum absolute atomic E-state index is 0.0457. The Bertz CT molecular complexity index is 701. The summed E-state index contributed by atoms with van der Waals surface area (Å²) in [5.74, 6) is 0.779. The molecule has 1 aliphatic rings. The van der Waals surface area contributed by atoms with E-state index < -0.39 is 0 Å². The molecule has 1 heterocycles. The Balaban J connectivity index is 1.92. The fourth-order valence-electron chi connectivity index (χ4n) is 2.36. The number of ether oxygens (including phenoxy) is 1. The Morgan fingerprint density at radius 2 is 1.90 bits per heavy atom. The van der Waals surface area contributed by atoms with Gasteiger partial charge < -0.3 is 9.64 Å². The van der Waals surface area contributed by atoms with Gasteiger partial charge in [-0.3, -0.25) is 4.79 Å². The molecule has 3 rings (SSSR count). The standard InChI is InChI=1S/C17H14N2O2/c18-11-13-5-7-14(8-6-13)12-19-15-3-1-2-4-16(15)21-10-9-17(19)20/h1-8H,9-10,12H2. The van der Waals surface area contributed by atoms with Gasteiger partial charge in [-0.15, -0.1) is 0 Å². The number of hydrogen-bond donors (Lipinski definition) is 0. The van der Waals surface area contributed by atoms with E-state index in [4.69, 9.17) is 10.00 Å². The van der Waals surface area contributed by atoms with E-state index >= 15 is 0 Å². The van der Waals surface area contributed by atoms with Gasteiger partial charge in [0.2, 0.25) is 5.91 Å². The molecule has 0 spiro atoms. The highest BCUT2D eigenvalue weighted by atomic mass is 16.5. The highest BCUT2D eigenvalue weighted by molar-refractivity contribution is 5.95. The van der Waals surface area contributed by atoms with Gasteiger partial charge in [0, 0.05) is 0 Å². The summed E-state index contributed by atoms with van der Waals surface area (Å²) in [7, 11) is 0. The first kappa shape index (κ1) is 13.2. The maximum absolute atomic E-state index is 12.3. The Morgan fingerprint density at radius 3 is 2.67 bits per heavy atom. The highest BCUT2D eigenvalue weighted by Crippen LogP contribution is 2.32. The molecule has 0 aliphatic carbocycles. The molecular weight excluding hydrogens is 264 g/mol.